The van der Waals surface area contributed by atoms with Gasteiger partial charge in [0.2, 0.25) is 0 Å². The molecule has 2 atom stereocenters. The highest BCUT2D eigenvalue weighted by molar-refractivity contribution is 5.78. The molecule has 0 aromatic heterocycles. The monoisotopic (exact) mass is 356 g/mol. The van der Waals surface area contributed by atoms with E-state index < -0.39 is 0 Å². The van der Waals surface area contributed by atoms with Crippen molar-refractivity contribution in [3.63, 3.8) is 0 Å². The lowest BCUT2D eigenvalue weighted by Gasteiger charge is -2.39. The number of nitrogens with zero attached hydrogens (tertiary/aromatic N) is 1. The Labute approximate surface area is 153 Å². The van der Waals surface area contributed by atoms with Crippen molar-refractivity contribution in [1.29, 1.82) is 0 Å². The maximum absolute atomic E-state index is 12.5. The molecule has 4 rings (SSSR count). The highest BCUT2D eigenvalue weighted by Crippen LogP contribution is 2.35. The first-order chi connectivity index (χ1) is 12.7. The summed E-state index contributed by atoms with van der Waals surface area (Å²) < 4.78 is 17.0. The molecule has 2 unspecified atom stereocenters. The summed E-state index contributed by atoms with van der Waals surface area (Å²) in [6.07, 6.45) is 6.72. The molecule has 2 amide bonds. The van der Waals surface area contributed by atoms with E-state index in [2.05, 4.69) is 18.0 Å². The fraction of sp³-hybridized carbons (Fsp3) is 0.450. The van der Waals surface area contributed by atoms with E-state index in [1.54, 1.807) is 6.08 Å². The third kappa shape index (κ3) is 3.42. The van der Waals surface area contributed by atoms with E-state index in [-0.39, 0.29) is 18.2 Å². The van der Waals surface area contributed by atoms with Gasteiger partial charge in [0.05, 0.1) is 12.1 Å². The molecule has 0 bridgehead atoms. The highest BCUT2D eigenvalue weighted by Gasteiger charge is 2.34. The molecule has 26 heavy (non-hydrogen) atoms. The van der Waals surface area contributed by atoms with Gasteiger partial charge in [-0.25, -0.2) is 4.79 Å². The topological polar surface area (TPSA) is 60.0 Å². The number of hydrogen-bond donors (Lipinski definition) is 1. The fourth-order valence-electron chi connectivity index (χ4n) is 3.69. The first kappa shape index (κ1) is 17.0. The number of hydrogen-bond acceptors (Lipinski definition) is 4. The van der Waals surface area contributed by atoms with Gasteiger partial charge in [-0.3, -0.25) is 5.32 Å². The van der Waals surface area contributed by atoms with Crippen molar-refractivity contribution >= 4 is 6.03 Å². The van der Waals surface area contributed by atoms with Crippen molar-refractivity contribution in [1.82, 2.24) is 10.2 Å². The zero-order valence-electron chi connectivity index (χ0n) is 14.8. The first-order valence-electron chi connectivity index (χ1n) is 9.15. The van der Waals surface area contributed by atoms with Crippen LogP contribution in [0, 0.1) is 0 Å². The Balaban J connectivity index is 1.52. The molecular formula is C20H24N2O4. The molecule has 1 fully saturated rings. The van der Waals surface area contributed by atoms with Crippen LogP contribution in [0.4, 0.5) is 4.79 Å². The summed E-state index contributed by atoms with van der Waals surface area (Å²) in [6, 6.07) is 5.82. The van der Waals surface area contributed by atoms with E-state index in [4.69, 9.17) is 14.2 Å². The number of fused-ring (bicyclic) bond motifs is 3. The van der Waals surface area contributed by atoms with Crippen molar-refractivity contribution < 1.29 is 19.0 Å². The Hall–Kier alpha value is -2.47. The molecular weight excluding hydrogens is 332 g/mol. The molecule has 0 saturated carbocycles. The van der Waals surface area contributed by atoms with E-state index in [9.17, 15) is 4.79 Å². The van der Waals surface area contributed by atoms with Gasteiger partial charge in [-0.15, -0.1) is 0 Å². The van der Waals surface area contributed by atoms with Crippen LogP contribution in [0.25, 0.3) is 0 Å². The van der Waals surface area contributed by atoms with E-state index in [1.807, 2.05) is 23.1 Å². The summed E-state index contributed by atoms with van der Waals surface area (Å²) in [7, 11) is 0. The Bertz CT molecular complexity index is 725. The van der Waals surface area contributed by atoms with Gasteiger partial charge in [-0.05, 0) is 42.5 Å². The standard InChI is InChI=1S/C20H24N2O4/c1-2-9-24-15-5-6-17-14(11-15)7-8-22-18(17)12-19(21-20(22)23)26-13-16-4-3-10-25-16/h2,5-6,11-12,16,18H,1,3-4,7-10,13H2,(H,21,23). The van der Waals surface area contributed by atoms with Crippen LogP contribution in [0.1, 0.15) is 30.0 Å². The molecule has 1 N–H and O–H groups in total. The Kier molecular flexibility index (Phi) is 4.84. The SMILES string of the molecule is C=CCOc1ccc2c(c1)CCN1C(=O)NC(OCC3CCCO3)=CC21. The fourth-order valence-corrected chi connectivity index (χ4v) is 3.69. The molecule has 6 heteroatoms. The van der Waals surface area contributed by atoms with Crippen molar-refractivity contribution in [2.24, 2.45) is 0 Å². The van der Waals surface area contributed by atoms with Crippen LogP contribution in [-0.4, -0.2) is 43.4 Å². The van der Waals surface area contributed by atoms with Crippen LogP contribution >= 0.6 is 0 Å². The lowest BCUT2D eigenvalue weighted by Crippen LogP contribution is -2.48. The summed E-state index contributed by atoms with van der Waals surface area (Å²) in [4.78, 5) is 14.3. The van der Waals surface area contributed by atoms with Crippen LogP contribution in [0.5, 0.6) is 5.75 Å². The van der Waals surface area contributed by atoms with Crippen LogP contribution < -0.4 is 10.1 Å². The van der Waals surface area contributed by atoms with E-state index in [1.165, 1.54) is 5.56 Å². The Morgan fingerprint density at radius 1 is 1.38 bits per heavy atom. The number of rotatable bonds is 6. The molecule has 6 nitrogen and oxygen atoms in total. The quantitative estimate of drug-likeness (QED) is 0.796. The number of benzene rings is 1. The summed E-state index contributed by atoms with van der Waals surface area (Å²) in [5, 5.41) is 2.84. The number of carbonyl (C=O) groups excluding carboxylic acids is 1. The number of carbonyl (C=O) groups is 1. The molecule has 3 aliphatic heterocycles. The van der Waals surface area contributed by atoms with Crippen LogP contribution in [0.15, 0.2) is 42.8 Å². The number of ether oxygens (including phenoxy) is 3. The van der Waals surface area contributed by atoms with Gasteiger partial charge in [0.1, 0.15) is 19.0 Å². The van der Waals surface area contributed by atoms with Gasteiger partial charge < -0.3 is 19.1 Å². The predicted molar refractivity (Wildman–Crippen MR) is 96.8 cm³/mol. The van der Waals surface area contributed by atoms with Gasteiger partial charge in [0.25, 0.3) is 0 Å². The van der Waals surface area contributed by atoms with Crippen LogP contribution in [-0.2, 0) is 15.9 Å². The number of urea groups is 1. The number of nitrogens with one attached hydrogen (secondary N) is 1. The highest BCUT2D eigenvalue weighted by atomic mass is 16.5. The van der Waals surface area contributed by atoms with Gasteiger partial charge in [0.15, 0.2) is 5.88 Å². The van der Waals surface area contributed by atoms with Crippen LogP contribution in [0.2, 0.25) is 0 Å². The minimum atomic E-state index is -0.113. The smallest absolute Gasteiger partial charge is 0.324 e. The Morgan fingerprint density at radius 3 is 3.12 bits per heavy atom. The van der Waals surface area contributed by atoms with Crippen molar-refractivity contribution in [3.05, 3.63) is 53.9 Å². The van der Waals surface area contributed by atoms with Gasteiger partial charge in [-0.2, -0.15) is 0 Å². The third-order valence-corrected chi connectivity index (χ3v) is 5.01. The first-order valence-corrected chi connectivity index (χ1v) is 9.15. The van der Waals surface area contributed by atoms with Crippen LogP contribution in [0.3, 0.4) is 0 Å². The minimum Gasteiger partial charge on any atom is -0.490 e. The van der Waals surface area contributed by atoms with Crippen molar-refractivity contribution in [3.8, 4) is 5.75 Å². The summed E-state index contributed by atoms with van der Waals surface area (Å²) >= 11 is 0. The molecule has 0 radical (unpaired) electrons. The molecule has 1 saturated heterocycles. The Morgan fingerprint density at radius 2 is 2.31 bits per heavy atom. The normalized spacial score (nSPS) is 24.2. The van der Waals surface area contributed by atoms with E-state index >= 15 is 0 Å². The predicted octanol–water partition coefficient (Wildman–Crippen LogP) is 2.91. The largest absolute Gasteiger partial charge is 0.490 e. The number of amides is 2. The summed E-state index contributed by atoms with van der Waals surface area (Å²) in [5.74, 6) is 1.35. The zero-order chi connectivity index (χ0) is 17.9. The minimum absolute atomic E-state index is 0.111. The van der Waals surface area contributed by atoms with E-state index in [0.29, 0.717) is 25.6 Å². The molecule has 138 valence electrons. The van der Waals surface area contributed by atoms with Gasteiger partial charge in [-0.1, -0.05) is 18.7 Å². The average Bonchev–Trinajstić information content (AvgIpc) is 3.18. The van der Waals surface area contributed by atoms with E-state index in [0.717, 1.165) is 37.2 Å². The lowest BCUT2D eigenvalue weighted by molar-refractivity contribution is 0.0355. The van der Waals surface area contributed by atoms with Gasteiger partial charge >= 0.3 is 6.03 Å². The summed E-state index contributed by atoms with van der Waals surface area (Å²) in [6.45, 7) is 6.09. The molecule has 1 aromatic carbocycles. The zero-order valence-corrected chi connectivity index (χ0v) is 14.8. The second-order valence-corrected chi connectivity index (χ2v) is 6.76. The second kappa shape index (κ2) is 7.41. The average molecular weight is 356 g/mol. The third-order valence-electron chi connectivity index (χ3n) is 5.01. The molecule has 3 heterocycles. The van der Waals surface area contributed by atoms with Crippen molar-refractivity contribution in [2.45, 2.75) is 31.4 Å². The van der Waals surface area contributed by atoms with Crippen molar-refractivity contribution in [2.75, 3.05) is 26.4 Å². The molecule has 0 aliphatic carbocycles. The molecule has 1 aromatic rings. The summed E-state index contributed by atoms with van der Waals surface area (Å²) in [5.41, 5.74) is 2.33. The second-order valence-electron chi connectivity index (χ2n) is 6.76. The maximum Gasteiger partial charge on any atom is 0.324 e. The lowest BCUT2D eigenvalue weighted by atomic mass is 9.91. The molecule has 0 spiro atoms. The molecule has 3 aliphatic rings. The maximum atomic E-state index is 12.5. The van der Waals surface area contributed by atoms with Gasteiger partial charge in [0, 0.05) is 19.2 Å².